The van der Waals surface area contributed by atoms with E-state index in [0.29, 0.717) is 12.1 Å². The molecule has 2 aromatic rings. The Morgan fingerprint density at radius 2 is 1.86 bits per heavy atom. The monoisotopic (exact) mass is 286 g/mol. The van der Waals surface area contributed by atoms with Gasteiger partial charge in [0.25, 0.3) is 0 Å². The maximum atomic E-state index is 12.1. The predicted molar refractivity (Wildman–Crippen MR) is 81.3 cm³/mol. The summed E-state index contributed by atoms with van der Waals surface area (Å²) in [6.07, 6.45) is 0.346. The minimum Gasteiger partial charge on any atom is -0.508 e. The van der Waals surface area contributed by atoms with Gasteiger partial charge in [-0.15, -0.1) is 0 Å². The average molecular weight is 286 g/mol. The van der Waals surface area contributed by atoms with Gasteiger partial charge >= 0.3 is 0 Å². The number of hydrogen-bond acceptors (Lipinski definition) is 4. The molecule has 0 radical (unpaired) electrons. The van der Waals surface area contributed by atoms with Crippen molar-refractivity contribution in [1.82, 2.24) is 0 Å². The van der Waals surface area contributed by atoms with Crippen molar-refractivity contribution in [3.63, 3.8) is 0 Å². The Kier molecular flexibility index (Phi) is 4.45. The fraction of sp³-hybridized carbons (Fsp3) is 0.188. The molecule has 2 aromatic carbocycles. The van der Waals surface area contributed by atoms with Gasteiger partial charge in [0.1, 0.15) is 11.5 Å². The predicted octanol–water partition coefficient (Wildman–Crippen LogP) is 1.91. The Bertz CT molecular complexity index is 638. The maximum absolute atomic E-state index is 12.1. The molecule has 5 nitrogen and oxygen atoms in total. The standard InChI is InChI=1S/C16H18N2O3/c1-10-2-7-15(20)14(8-10)18-16(21)13(17)9-11-3-5-12(19)6-4-11/h2-8,13,19-20H,9,17H2,1H3,(H,18,21)/t13-/m0/s1. The highest BCUT2D eigenvalue weighted by Crippen LogP contribution is 2.24. The van der Waals surface area contributed by atoms with E-state index in [2.05, 4.69) is 5.32 Å². The van der Waals surface area contributed by atoms with E-state index in [9.17, 15) is 15.0 Å². The summed E-state index contributed by atoms with van der Waals surface area (Å²) >= 11 is 0. The first-order valence-corrected chi connectivity index (χ1v) is 6.59. The molecule has 0 aliphatic carbocycles. The molecule has 0 spiro atoms. The van der Waals surface area contributed by atoms with Crippen LogP contribution in [0.15, 0.2) is 42.5 Å². The smallest absolute Gasteiger partial charge is 0.241 e. The second kappa shape index (κ2) is 6.28. The van der Waals surface area contributed by atoms with Crippen LogP contribution in [0, 0.1) is 6.92 Å². The molecule has 5 N–H and O–H groups in total. The van der Waals surface area contributed by atoms with Crippen LogP contribution < -0.4 is 11.1 Å². The number of carbonyl (C=O) groups is 1. The van der Waals surface area contributed by atoms with Crippen LogP contribution in [0.3, 0.4) is 0 Å². The number of hydrogen-bond donors (Lipinski definition) is 4. The second-order valence-corrected chi connectivity index (χ2v) is 4.99. The average Bonchev–Trinajstić information content (AvgIpc) is 2.45. The van der Waals surface area contributed by atoms with Crippen molar-refractivity contribution in [2.45, 2.75) is 19.4 Å². The van der Waals surface area contributed by atoms with Gasteiger partial charge in [-0.3, -0.25) is 4.79 Å². The van der Waals surface area contributed by atoms with Crippen molar-refractivity contribution >= 4 is 11.6 Å². The highest BCUT2D eigenvalue weighted by atomic mass is 16.3. The molecule has 0 fully saturated rings. The Hall–Kier alpha value is -2.53. The topological polar surface area (TPSA) is 95.6 Å². The number of aryl methyl sites for hydroxylation is 1. The summed E-state index contributed by atoms with van der Waals surface area (Å²) in [4.78, 5) is 12.1. The van der Waals surface area contributed by atoms with E-state index in [1.165, 1.54) is 6.07 Å². The summed E-state index contributed by atoms with van der Waals surface area (Å²) in [7, 11) is 0. The number of anilines is 1. The molecule has 0 heterocycles. The lowest BCUT2D eigenvalue weighted by atomic mass is 10.1. The number of benzene rings is 2. The van der Waals surface area contributed by atoms with E-state index in [0.717, 1.165) is 11.1 Å². The van der Waals surface area contributed by atoms with Crippen LogP contribution in [-0.2, 0) is 11.2 Å². The second-order valence-electron chi connectivity index (χ2n) is 4.99. The highest BCUT2D eigenvalue weighted by molar-refractivity contribution is 5.96. The van der Waals surface area contributed by atoms with Crippen molar-refractivity contribution in [3.8, 4) is 11.5 Å². The number of aromatic hydroxyl groups is 2. The third kappa shape index (κ3) is 3.97. The molecule has 2 rings (SSSR count). The third-order valence-electron chi connectivity index (χ3n) is 3.14. The maximum Gasteiger partial charge on any atom is 0.241 e. The van der Waals surface area contributed by atoms with Gasteiger partial charge in [-0.25, -0.2) is 0 Å². The number of rotatable bonds is 4. The summed E-state index contributed by atoms with van der Waals surface area (Å²) in [5.41, 5.74) is 7.99. The molecule has 110 valence electrons. The van der Waals surface area contributed by atoms with E-state index >= 15 is 0 Å². The molecule has 21 heavy (non-hydrogen) atoms. The molecule has 0 saturated carbocycles. The van der Waals surface area contributed by atoms with Crippen LogP contribution in [0.25, 0.3) is 0 Å². The summed E-state index contributed by atoms with van der Waals surface area (Å²) in [6.45, 7) is 1.87. The van der Waals surface area contributed by atoms with Gasteiger partial charge in [0.05, 0.1) is 11.7 Å². The first-order chi connectivity index (χ1) is 9.95. The van der Waals surface area contributed by atoms with Gasteiger partial charge in [-0.05, 0) is 48.7 Å². The van der Waals surface area contributed by atoms with Crippen LogP contribution in [0.1, 0.15) is 11.1 Å². The van der Waals surface area contributed by atoms with Crippen LogP contribution in [0.4, 0.5) is 5.69 Å². The zero-order chi connectivity index (χ0) is 15.4. The molecule has 0 unspecified atom stereocenters. The lowest BCUT2D eigenvalue weighted by Crippen LogP contribution is -2.37. The summed E-state index contributed by atoms with van der Waals surface area (Å²) in [6, 6.07) is 10.7. The quantitative estimate of drug-likeness (QED) is 0.646. The fourth-order valence-corrected chi connectivity index (χ4v) is 1.95. The number of phenolic OH excluding ortho intramolecular Hbond substituents is 2. The van der Waals surface area contributed by atoms with Crippen molar-refractivity contribution in [1.29, 1.82) is 0 Å². The summed E-state index contributed by atoms with van der Waals surface area (Å²) < 4.78 is 0. The van der Waals surface area contributed by atoms with Crippen LogP contribution >= 0.6 is 0 Å². The Labute approximate surface area is 123 Å². The van der Waals surface area contributed by atoms with Crippen molar-refractivity contribution < 1.29 is 15.0 Å². The molecule has 0 aromatic heterocycles. The zero-order valence-corrected chi connectivity index (χ0v) is 11.7. The Morgan fingerprint density at radius 1 is 1.19 bits per heavy atom. The van der Waals surface area contributed by atoms with E-state index in [1.807, 2.05) is 6.92 Å². The molecule has 1 atom stereocenters. The van der Waals surface area contributed by atoms with Crippen LogP contribution in [0.2, 0.25) is 0 Å². The largest absolute Gasteiger partial charge is 0.508 e. The van der Waals surface area contributed by atoms with E-state index in [1.54, 1.807) is 36.4 Å². The van der Waals surface area contributed by atoms with Crippen molar-refractivity contribution in [2.24, 2.45) is 5.73 Å². The first-order valence-electron chi connectivity index (χ1n) is 6.59. The zero-order valence-electron chi connectivity index (χ0n) is 11.7. The van der Waals surface area contributed by atoms with E-state index in [-0.39, 0.29) is 17.4 Å². The highest BCUT2D eigenvalue weighted by Gasteiger charge is 2.15. The summed E-state index contributed by atoms with van der Waals surface area (Å²) in [5, 5.41) is 21.5. The molecular formula is C16H18N2O3. The van der Waals surface area contributed by atoms with Gasteiger partial charge in [0.2, 0.25) is 5.91 Å². The number of nitrogens with two attached hydrogens (primary N) is 1. The minimum atomic E-state index is -0.741. The third-order valence-corrected chi connectivity index (χ3v) is 3.14. The minimum absolute atomic E-state index is 0.00536. The fourth-order valence-electron chi connectivity index (χ4n) is 1.95. The number of phenols is 2. The van der Waals surface area contributed by atoms with Crippen LogP contribution in [-0.4, -0.2) is 22.2 Å². The Balaban J connectivity index is 2.02. The van der Waals surface area contributed by atoms with Gasteiger partial charge in [-0.2, -0.15) is 0 Å². The molecule has 0 aliphatic rings. The number of nitrogens with one attached hydrogen (secondary N) is 1. The molecule has 1 amide bonds. The lowest BCUT2D eigenvalue weighted by molar-refractivity contribution is -0.117. The van der Waals surface area contributed by atoms with Gasteiger partial charge in [0, 0.05) is 0 Å². The molecular weight excluding hydrogens is 268 g/mol. The van der Waals surface area contributed by atoms with E-state index < -0.39 is 6.04 Å². The van der Waals surface area contributed by atoms with Crippen molar-refractivity contribution in [3.05, 3.63) is 53.6 Å². The molecule has 0 bridgehead atoms. The summed E-state index contributed by atoms with van der Waals surface area (Å²) in [5.74, 6) is -0.198. The number of carbonyl (C=O) groups excluding carboxylic acids is 1. The number of amides is 1. The van der Waals surface area contributed by atoms with Gasteiger partial charge in [0.15, 0.2) is 0 Å². The Morgan fingerprint density at radius 3 is 2.52 bits per heavy atom. The first kappa shape index (κ1) is 14.9. The SMILES string of the molecule is Cc1ccc(O)c(NC(=O)[C@@H](N)Cc2ccc(O)cc2)c1. The normalized spacial score (nSPS) is 11.9. The lowest BCUT2D eigenvalue weighted by Gasteiger charge is -2.13. The van der Waals surface area contributed by atoms with Crippen LogP contribution in [0.5, 0.6) is 11.5 Å². The van der Waals surface area contributed by atoms with Gasteiger partial charge < -0.3 is 21.3 Å². The molecule has 5 heteroatoms. The van der Waals surface area contributed by atoms with E-state index in [4.69, 9.17) is 5.73 Å². The van der Waals surface area contributed by atoms with Crippen molar-refractivity contribution in [2.75, 3.05) is 5.32 Å². The molecule has 0 saturated heterocycles. The van der Waals surface area contributed by atoms with Gasteiger partial charge in [-0.1, -0.05) is 18.2 Å². The molecule has 0 aliphatic heterocycles.